The molecule has 1 atom stereocenters. The van der Waals surface area contributed by atoms with Gasteiger partial charge in [-0.2, -0.15) is 32.3 Å². The van der Waals surface area contributed by atoms with Gasteiger partial charge in [0.05, 0.1) is 6.20 Å². The third-order valence-electron chi connectivity index (χ3n) is 4.14. The van der Waals surface area contributed by atoms with Crippen LogP contribution in [0.4, 0.5) is 5.95 Å². The Balaban J connectivity index is 1.82. The van der Waals surface area contributed by atoms with Crippen molar-refractivity contribution < 1.29 is 8.42 Å². The molecule has 0 aliphatic carbocycles. The van der Waals surface area contributed by atoms with Crippen molar-refractivity contribution in [3.8, 4) is 0 Å². The average molecular weight is 388 g/mol. The summed E-state index contributed by atoms with van der Waals surface area (Å²) in [6.07, 6.45) is 2.43. The zero-order valence-electron chi connectivity index (χ0n) is 14.4. The fraction of sp³-hybridized carbons (Fsp3) is 0.643. The highest BCUT2D eigenvalue weighted by atomic mass is 35.5. The van der Waals surface area contributed by atoms with E-state index in [1.807, 2.05) is 0 Å². The van der Waals surface area contributed by atoms with Gasteiger partial charge < -0.3 is 5.32 Å². The fourth-order valence-corrected chi connectivity index (χ4v) is 4.32. The topological polar surface area (TPSA) is 105 Å². The van der Waals surface area contributed by atoms with E-state index in [-0.39, 0.29) is 17.2 Å². The molecule has 2 aromatic heterocycles. The van der Waals surface area contributed by atoms with Gasteiger partial charge in [-0.25, -0.2) is 4.72 Å². The van der Waals surface area contributed by atoms with Crippen LogP contribution in [0.1, 0.15) is 38.7 Å². The Morgan fingerprint density at radius 1 is 1.40 bits per heavy atom. The molecule has 0 aromatic carbocycles. The maximum Gasteiger partial charge on any atom is 0.279 e. The third kappa shape index (κ3) is 3.71. The summed E-state index contributed by atoms with van der Waals surface area (Å²) in [5.74, 6) is 0.721. The molecule has 1 aliphatic heterocycles. The number of halogens is 1. The number of rotatable bonds is 6. The molecule has 9 nitrogen and oxygen atoms in total. The summed E-state index contributed by atoms with van der Waals surface area (Å²) < 4.78 is 29.7. The second-order valence-corrected chi connectivity index (χ2v) is 8.39. The average Bonchev–Trinajstić information content (AvgIpc) is 3.14. The third-order valence-corrected chi connectivity index (χ3v) is 5.97. The highest BCUT2D eigenvalue weighted by Crippen LogP contribution is 2.23. The molecule has 0 radical (unpaired) electrons. The van der Waals surface area contributed by atoms with Crippen LogP contribution in [-0.4, -0.2) is 58.0 Å². The summed E-state index contributed by atoms with van der Waals surface area (Å²) in [5, 5.41) is 7.73. The number of hydrogen-bond donors (Lipinski definition) is 2. The Labute approximate surface area is 152 Å². The summed E-state index contributed by atoms with van der Waals surface area (Å²) in [4.78, 5) is 8.49. The van der Waals surface area contributed by atoms with Crippen molar-refractivity contribution in [1.82, 2.24) is 28.6 Å². The van der Waals surface area contributed by atoms with Gasteiger partial charge in [-0.3, -0.25) is 0 Å². The van der Waals surface area contributed by atoms with Crippen molar-refractivity contribution in [2.45, 2.75) is 39.2 Å². The number of nitrogens with zero attached hydrogens (tertiary/aromatic N) is 5. The number of hydrogen-bond acceptors (Lipinski definition) is 6. The first kappa shape index (κ1) is 18.3. The smallest absolute Gasteiger partial charge is 0.279 e. The molecule has 138 valence electrons. The summed E-state index contributed by atoms with van der Waals surface area (Å²) in [6, 6.07) is -0.0747. The Hall–Kier alpha value is -1.49. The Kier molecular flexibility index (Phi) is 5.14. The van der Waals surface area contributed by atoms with Crippen LogP contribution in [-0.2, 0) is 10.2 Å². The molecule has 0 spiro atoms. The largest absolute Gasteiger partial charge is 0.350 e. The van der Waals surface area contributed by atoms with Crippen LogP contribution in [0.2, 0.25) is 5.28 Å². The van der Waals surface area contributed by atoms with Crippen LogP contribution in [0, 0.1) is 0 Å². The van der Waals surface area contributed by atoms with Gasteiger partial charge in [-0.05, 0) is 23.9 Å². The normalized spacial score (nSPS) is 19.2. The number of anilines is 1. The maximum absolute atomic E-state index is 12.1. The molecule has 3 heterocycles. The second kappa shape index (κ2) is 7.02. The van der Waals surface area contributed by atoms with Gasteiger partial charge in [0.2, 0.25) is 11.2 Å². The quantitative estimate of drug-likeness (QED) is 0.772. The van der Waals surface area contributed by atoms with Crippen molar-refractivity contribution in [3.63, 3.8) is 0 Å². The highest BCUT2D eigenvalue weighted by molar-refractivity contribution is 7.87. The predicted molar refractivity (Wildman–Crippen MR) is 96.1 cm³/mol. The molecule has 0 unspecified atom stereocenters. The van der Waals surface area contributed by atoms with Crippen LogP contribution in [0.3, 0.4) is 0 Å². The van der Waals surface area contributed by atoms with Crippen LogP contribution < -0.4 is 10.0 Å². The van der Waals surface area contributed by atoms with Gasteiger partial charge in [0.15, 0.2) is 5.65 Å². The predicted octanol–water partition coefficient (Wildman–Crippen LogP) is 1.24. The Morgan fingerprint density at radius 3 is 2.84 bits per heavy atom. The van der Waals surface area contributed by atoms with Gasteiger partial charge >= 0.3 is 0 Å². The van der Waals surface area contributed by atoms with Crippen LogP contribution in [0.15, 0.2) is 6.20 Å². The summed E-state index contributed by atoms with van der Waals surface area (Å²) in [6.45, 7) is 7.04. The first-order valence-corrected chi connectivity index (χ1v) is 10.1. The summed E-state index contributed by atoms with van der Waals surface area (Å²) >= 11 is 6.07. The lowest BCUT2D eigenvalue weighted by molar-refractivity contribution is 0.463. The molecule has 0 saturated carbocycles. The molecule has 11 heteroatoms. The molecule has 3 rings (SSSR count). The highest BCUT2D eigenvalue weighted by Gasteiger charge is 2.31. The van der Waals surface area contributed by atoms with Crippen LogP contribution >= 0.6 is 11.6 Å². The number of nitrogens with one attached hydrogen (secondary N) is 2. The van der Waals surface area contributed by atoms with E-state index in [1.165, 1.54) is 4.31 Å². The zero-order valence-corrected chi connectivity index (χ0v) is 16.0. The van der Waals surface area contributed by atoms with Gasteiger partial charge in [-0.1, -0.05) is 20.8 Å². The molecular formula is C14H22ClN7O2S. The first-order valence-electron chi connectivity index (χ1n) is 8.24. The summed E-state index contributed by atoms with van der Waals surface area (Å²) in [7, 11) is -3.43. The Morgan fingerprint density at radius 2 is 2.16 bits per heavy atom. The van der Waals surface area contributed by atoms with E-state index in [2.05, 4.69) is 39.0 Å². The van der Waals surface area contributed by atoms with E-state index in [0.717, 1.165) is 5.56 Å². The molecule has 2 aromatic rings. The van der Waals surface area contributed by atoms with Crippen LogP contribution in [0.5, 0.6) is 0 Å². The number of fused-ring (bicyclic) bond motifs is 1. The standard InChI is InChI=1S/C14H22ClN7O2S/c1-4-17-25(23,24)21-6-5-10(8-21)18-14-20-13(15)19-12-11(9(2)3)7-16-22(12)14/h7,9-10,17H,4-6,8H2,1-3H3,(H,18,19,20)/t10-/m0/s1. The molecule has 25 heavy (non-hydrogen) atoms. The van der Waals surface area contributed by atoms with Crippen LogP contribution in [0.25, 0.3) is 5.65 Å². The fourth-order valence-electron chi connectivity index (χ4n) is 2.89. The van der Waals surface area contributed by atoms with Gasteiger partial charge in [-0.15, -0.1) is 0 Å². The molecule has 1 fully saturated rings. The van der Waals surface area contributed by atoms with Crippen molar-refractivity contribution in [2.24, 2.45) is 0 Å². The van der Waals surface area contributed by atoms with Crippen molar-refractivity contribution in [2.75, 3.05) is 25.0 Å². The molecule has 1 saturated heterocycles. The number of aromatic nitrogens is 4. The summed E-state index contributed by atoms with van der Waals surface area (Å²) in [5.41, 5.74) is 1.64. The lowest BCUT2D eigenvalue weighted by Crippen LogP contribution is -2.40. The first-order chi connectivity index (χ1) is 11.8. The van der Waals surface area contributed by atoms with E-state index >= 15 is 0 Å². The molecule has 1 aliphatic rings. The lowest BCUT2D eigenvalue weighted by Gasteiger charge is -2.17. The van der Waals surface area contributed by atoms with Gasteiger partial charge in [0, 0.05) is 31.2 Å². The van der Waals surface area contributed by atoms with Gasteiger partial charge in [0.25, 0.3) is 10.2 Å². The monoisotopic (exact) mass is 387 g/mol. The van der Waals surface area contributed by atoms with E-state index in [4.69, 9.17) is 11.6 Å². The molecule has 2 N–H and O–H groups in total. The van der Waals surface area contributed by atoms with E-state index in [9.17, 15) is 8.42 Å². The molecule has 0 amide bonds. The second-order valence-electron chi connectivity index (χ2n) is 6.30. The zero-order chi connectivity index (χ0) is 18.2. The van der Waals surface area contributed by atoms with E-state index < -0.39 is 10.2 Å². The van der Waals surface area contributed by atoms with Crippen molar-refractivity contribution in [3.05, 3.63) is 17.0 Å². The SMILES string of the molecule is CCNS(=O)(=O)N1CC[C@H](Nc2nc(Cl)nc3c(C(C)C)cnn23)C1. The van der Waals surface area contributed by atoms with Gasteiger partial charge in [0.1, 0.15) is 0 Å². The van der Waals surface area contributed by atoms with Crippen molar-refractivity contribution in [1.29, 1.82) is 0 Å². The maximum atomic E-state index is 12.1. The minimum Gasteiger partial charge on any atom is -0.350 e. The molecular weight excluding hydrogens is 366 g/mol. The van der Waals surface area contributed by atoms with E-state index in [1.54, 1.807) is 17.6 Å². The minimum absolute atomic E-state index is 0.0747. The molecule has 0 bridgehead atoms. The Bertz CT molecular complexity index is 867. The van der Waals surface area contributed by atoms with E-state index in [0.29, 0.717) is 37.7 Å². The lowest BCUT2D eigenvalue weighted by atomic mass is 10.1. The minimum atomic E-state index is -3.43. The van der Waals surface area contributed by atoms with Crippen molar-refractivity contribution >= 4 is 33.4 Å².